The Morgan fingerprint density at radius 3 is 2.22 bits per heavy atom. The van der Waals surface area contributed by atoms with Crippen molar-refractivity contribution < 1.29 is 18.0 Å². The highest BCUT2D eigenvalue weighted by atomic mass is 28.4. The van der Waals surface area contributed by atoms with Crippen LogP contribution >= 0.6 is 0 Å². The predicted molar refractivity (Wildman–Crippen MR) is 74.0 cm³/mol. The molecule has 0 atom stereocenters. The van der Waals surface area contributed by atoms with Crippen LogP contribution in [0.4, 0.5) is 0 Å². The van der Waals surface area contributed by atoms with Crippen molar-refractivity contribution in [1.82, 2.24) is 0 Å². The van der Waals surface area contributed by atoms with Crippen LogP contribution < -0.4 is 9.16 Å². The van der Waals surface area contributed by atoms with Crippen molar-refractivity contribution in [3.05, 3.63) is 29.8 Å². The van der Waals surface area contributed by atoms with Gasteiger partial charge in [-0.05, 0) is 24.6 Å². The number of methoxy groups -OCH3 is 1. The van der Waals surface area contributed by atoms with Gasteiger partial charge in [-0.25, -0.2) is 0 Å². The molecular formula is C13H20O4Si. The summed E-state index contributed by atoms with van der Waals surface area (Å²) in [5.74, 6) is 1.29. The van der Waals surface area contributed by atoms with Crippen LogP contribution in [0.2, 0.25) is 6.55 Å². The van der Waals surface area contributed by atoms with E-state index < -0.39 is 8.80 Å². The lowest BCUT2D eigenvalue weighted by Crippen LogP contribution is -2.43. The number of hydrogen-bond acceptors (Lipinski definition) is 4. The molecule has 0 aliphatic rings. The van der Waals surface area contributed by atoms with E-state index in [1.807, 2.05) is 43.8 Å². The Kier molecular flexibility index (Phi) is 5.40. The Labute approximate surface area is 110 Å². The fourth-order valence-electron chi connectivity index (χ4n) is 1.43. The summed E-state index contributed by atoms with van der Waals surface area (Å²) in [5, 5.41) is 0. The van der Waals surface area contributed by atoms with E-state index in [1.165, 1.54) is 0 Å². The first-order valence-corrected chi connectivity index (χ1v) is 7.91. The van der Waals surface area contributed by atoms with Gasteiger partial charge in [-0.3, -0.25) is 0 Å². The zero-order chi connectivity index (χ0) is 13.6. The minimum atomic E-state index is -2.62. The summed E-state index contributed by atoms with van der Waals surface area (Å²) in [4.78, 5) is 0. The third-order valence-corrected chi connectivity index (χ3v) is 4.66. The van der Waals surface area contributed by atoms with Crippen LogP contribution in [0.1, 0.15) is 12.5 Å². The van der Waals surface area contributed by atoms with Crippen LogP contribution in [0.3, 0.4) is 0 Å². The molecule has 4 nitrogen and oxygen atoms in total. The van der Waals surface area contributed by atoms with Gasteiger partial charge in [0, 0.05) is 20.8 Å². The van der Waals surface area contributed by atoms with Gasteiger partial charge in [-0.2, -0.15) is 0 Å². The molecule has 0 heterocycles. The van der Waals surface area contributed by atoms with Gasteiger partial charge >= 0.3 is 8.80 Å². The van der Waals surface area contributed by atoms with Crippen molar-refractivity contribution in [2.75, 3.05) is 21.3 Å². The Bertz CT molecular complexity index is 413. The summed E-state index contributed by atoms with van der Waals surface area (Å²) in [7, 11) is 2.15. The molecule has 1 aromatic rings. The van der Waals surface area contributed by atoms with Gasteiger partial charge in [0.1, 0.15) is 5.75 Å². The van der Waals surface area contributed by atoms with Crippen molar-refractivity contribution in [3.8, 4) is 11.5 Å². The SMILES string of the molecule is C/C=C/c1ccc(O[Si](C)(OC)OC)c(OC)c1. The van der Waals surface area contributed by atoms with Crippen molar-refractivity contribution in [1.29, 1.82) is 0 Å². The predicted octanol–water partition coefficient (Wildman–Crippen LogP) is 2.97. The first kappa shape index (κ1) is 14.8. The fraction of sp³-hybridized carbons (Fsp3) is 0.385. The third kappa shape index (κ3) is 3.59. The molecule has 0 saturated heterocycles. The summed E-state index contributed by atoms with van der Waals surface area (Å²) in [6.45, 7) is 3.79. The van der Waals surface area contributed by atoms with E-state index >= 15 is 0 Å². The summed E-state index contributed by atoms with van der Waals surface area (Å²) in [5.41, 5.74) is 1.06. The molecule has 0 N–H and O–H groups in total. The lowest BCUT2D eigenvalue weighted by molar-refractivity contribution is 0.167. The third-order valence-electron chi connectivity index (χ3n) is 2.58. The van der Waals surface area contributed by atoms with E-state index in [0.717, 1.165) is 5.56 Å². The first-order chi connectivity index (χ1) is 8.58. The van der Waals surface area contributed by atoms with E-state index in [-0.39, 0.29) is 0 Å². The minimum absolute atomic E-state index is 0.628. The van der Waals surface area contributed by atoms with Gasteiger partial charge in [0.05, 0.1) is 7.11 Å². The number of allylic oxidation sites excluding steroid dienone is 1. The summed E-state index contributed by atoms with van der Waals surface area (Å²) < 4.78 is 21.7. The molecule has 0 aliphatic carbocycles. The monoisotopic (exact) mass is 268 g/mol. The minimum Gasteiger partial charge on any atom is -0.497 e. The van der Waals surface area contributed by atoms with Gasteiger partial charge < -0.3 is 18.0 Å². The molecule has 0 amide bonds. The molecule has 0 fully saturated rings. The van der Waals surface area contributed by atoms with Gasteiger partial charge in [0.25, 0.3) is 0 Å². The molecule has 1 rings (SSSR count). The average molecular weight is 268 g/mol. The molecule has 0 aliphatic heterocycles. The second-order valence-corrected chi connectivity index (χ2v) is 6.53. The van der Waals surface area contributed by atoms with Crippen LogP contribution in [0.25, 0.3) is 6.08 Å². The molecular weight excluding hydrogens is 248 g/mol. The maximum absolute atomic E-state index is 5.80. The second-order valence-electron chi connectivity index (χ2n) is 3.78. The fourth-order valence-corrected chi connectivity index (χ4v) is 2.33. The largest absolute Gasteiger partial charge is 0.562 e. The Morgan fingerprint density at radius 2 is 1.72 bits per heavy atom. The Hall–Kier alpha value is -1.30. The number of rotatable bonds is 6. The standard InChI is InChI=1S/C13H20O4Si/c1-6-7-11-8-9-12(13(10-11)14-2)17-18(5,15-3)16-4/h6-10H,1-5H3/b7-6+. The Morgan fingerprint density at radius 1 is 1.06 bits per heavy atom. The first-order valence-electron chi connectivity index (χ1n) is 5.68. The lowest BCUT2D eigenvalue weighted by Gasteiger charge is -2.24. The molecule has 18 heavy (non-hydrogen) atoms. The van der Waals surface area contributed by atoms with Crippen LogP contribution in [0.5, 0.6) is 11.5 Å². The Balaban J connectivity index is 3.02. The van der Waals surface area contributed by atoms with E-state index in [1.54, 1.807) is 21.3 Å². The van der Waals surface area contributed by atoms with E-state index in [2.05, 4.69) is 0 Å². The summed E-state index contributed by atoms with van der Waals surface area (Å²) >= 11 is 0. The molecule has 5 heteroatoms. The van der Waals surface area contributed by atoms with Crippen molar-refractivity contribution >= 4 is 14.9 Å². The molecule has 0 aromatic heterocycles. The van der Waals surface area contributed by atoms with E-state index in [9.17, 15) is 0 Å². The smallest absolute Gasteiger partial charge is 0.497 e. The van der Waals surface area contributed by atoms with Crippen molar-refractivity contribution in [3.63, 3.8) is 0 Å². The zero-order valence-electron chi connectivity index (χ0n) is 11.5. The molecule has 0 unspecified atom stereocenters. The highest BCUT2D eigenvalue weighted by Crippen LogP contribution is 2.30. The quantitative estimate of drug-likeness (QED) is 0.743. The molecule has 0 radical (unpaired) electrons. The lowest BCUT2D eigenvalue weighted by atomic mass is 10.2. The second kappa shape index (κ2) is 6.58. The molecule has 0 bridgehead atoms. The summed E-state index contributed by atoms with van der Waals surface area (Å²) in [6, 6.07) is 5.73. The van der Waals surface area contributed by atoms with E-state index in [0.29, 0.717) is 11.5 Å². The normalized spacial score (nSPS) is 11.8. The average Bonchev–Trinajstić information content (AvgIpc) is 2.40. The topological polar surface area (TPSA) is 36.9 Å². The molecule has 0 spiro atoms. The van der Waals surface area contributed by atoms with Crippen molar-refractivity contribution in [2.24, 2.45) is 0 Å². The van der Waals surface area contributed by atoms with Crippen LogP contribution in [-0.2, 0) is 8.85 Å². The number of benzene rings is 1. The highest BCUT2D eigenvalue weighted by molar-refractivity contribution is 6.59. The number of ether oxygens (including phenoxy) is 1. The van der Waals surface area contributed by atoms with Gasteiger partial charge in [-0.15, -0.1) is 0 Å². The van der Waals surface area contributed by atoms with Crippen LogP contribution in [0, 0.1) is 0 Å². The molecule has 0 saturated carbocycles. The highest BCUT2D eigenvalue weighted by Gasteiger charge is 2.35. The number of hydrogen-bond donors (Lipinski definition) is 0. The maximum Gasteiger partial charge on any atom is 0.562 e. The molecule has 1 aromatic carbocycles. The van der Waals surface area contributed by atoms with Gasteiger partial charge in [0.15, 0.2) is 5.75 Å². The zero-order valence-corrected chi connectivity index (χ0v) is 12.5. The van der Waals surface area contributed by atoms with E-state index in [4.69, 9.17) is 18.0 Å². The maximum atomic E-state index is 5.80. The van der Waals surface area contributed by atoms with Crippen molar-refractivity contribution in [2.45, 2.75) is 13.5 Å². The van der Waals surface area contributed by atoms with Crippen LogP contribution in [0.15, 0.2) is 24.3 Å². The molecule has 100 valence electrons. The van der Waals surface area contributed by atoms with Gasteiger partial charge in [-0.1, -0.05) is 18.2 Å². The summed E-state index contributed by atoms with van der Waals surface area (Å²) in [6.07, 6.45) is 3.97. The van der Waals surface area contributed by atoms with Gasteiger partial charge in [0.2, 0.25) is 0 Å². The van der Waals surface area contributed by atoms with Crippen LogP contribution in [-0.4, -0.2) is 30.1 Å².